The molecular weight excluding hydrogens is 554 g/mol. The molecular formula is C31H41N5O7. The molecule has 0 spiro atoms. The number of hydrogen-bond donors (Lipinski definition) is 2. The number of anilines is 1. The van der Waals surface area contributed by atoms with Crippen LogP contribution in [0.2, 0.25) is 0 Å². The number of carbonyl (C=O) groups is 3. The van der Waals surface area contributed by atoms with Gasteiger partial charge in [0, 0.05) is 24.6 Å². The number of likely N-dealkylation sites (tertiary alicyclic amines) is 1. The molecule has 2 aromatic rings. The number of fused-ring (bicyclic) bond motifs is 4. The number of rotatable bonds is 12. The zero-order valence-corrected chi connectivity index (χ0v) is 25.1. The van der Waals surface area contributed by atoms with Crippen LogP contribution in [0.5, 0.6) is 5.75 Å². The van der Waals surface area contributed by atoms with Crippen LogP contribution in [0.3, 0.4) is 0 Å². The van der Waals surface area contributed by atoms with Gasteiger partial charge in [-0.1, -0.05) is 12.1 Å². The van der Waals surface area contributed by atoms with Crippen molar-refractivity contribution in [3.8, 4) is 5.75 Å². The molecule has 4 heterocycles. The Labute approximate surface area is 251 Å². The second-order valence-corrected chi connectivity index (χ2v) is 12.0. The molecule has 2 fully saturated rings. The van der Waals surface area contributed by atoms with Gasteiger partial charge in [-0.3, -0.25) is 9.59 Å². The number of aromatic nitrogens is 2. The maximum atomic E-state index is 13.0. The number of nitrogens with zero attached hydrogens (tertiary/aromatic N) is 3. The Balaban J connectivity index is 0.955. The number of amides is 3. The summed E-state index contributed by atoms with van der Waals surface area (Å²) in [7, 11) is 0. The van der Waals surface area contributed by atoms with Crippen LogP contribution in [0.25, 0.3) is 0 Å². The van der Waals surface area contributed by atoms with Gasteiger partial charge in [-0.25, -0.2) is 14.8 Å². The third-order valence-corrected chi connectivity index (χ3v) is 7.68. The molecule has 2 saturated heterocycles. The van der Waals surface area contributed by atoms with E-state index in [9.17, 15) is 14.4 Å². The lowest BCUT2D eigenvalue weighted by Crippen LogP contribution is -2.49. The monoisotopic (exact) mass is 595 g/mol. The van der Waals surface area contributed by atoms with Crippen LogP contribution in [0.4, 0.5) is 10.6 Å². The van der Waals surface area contributed by atoms with Gasteiger partial charge >= 0.3 is 6.09 Å². The van der Waals surface area contributed by atoms with E-state index in [0.717, 1.165) is 24.4 Å². The molecule has 1 unspecified atom stereocenters. The highest BCUT2D eigenvalue weighted by molar-refractivity contribution is 6.12. The summed E-state index contributed by atoms with van der Waals surface area (Å²) >= 11 is 0. The number of carbonyl (C=O) groups excluding carboxylic acids is 3. The molecule has 43 heavy (non-hydrogen) atoms. The van der Waals surface area contributed by atoms with E-state index in [2.05, 4.69) is 20.6 Å². The molecule has 3 aliphatic rings. The number of hydrogen-bond acceptors (Lipinski definition) is 11. The van der Waals surface area contributed by atoms with Crippen LogP contribution < -0.4 is 15.4 Å². The standard InChI is InChI=1S/C31H41N5O7/c1-31(2,3)43-30(39)36-26(37)11-9-23(29(36)38)20-4-7-22(8-5-20)42-17-16-41-15-14-40-13-12-32-28-24-18-21-6-10-25(35-21)27(24)33-19-34-28/h4-5,7-8,19,21,23,25,35H,6,9-18H2,1-3H3,(H,32,33,34)/t21-,23?,25+/m0/s1. The molecule has 232 valence electrons. The lowest BCUT2D eigenvalue weighted by atomic mass is 9.89. The molecule has 0 saturated carbocycles. The molecule has 3 amide bonds. The molecule has 3 atom stereocenters. The SMILES string of the molecule is CC(C)(C)OC(=O)N1C(=O)CCC(c2ccc(OCCOCCOCCNc3ncnc4c3C[C@@H]3CC[C@H]4N3)cc2)C1=O. The Morgan fingerprint density at radius 1 is 1.00 bits per heavy atom. The van der Waals surface area contributed by atoms with Gasteiger partial charge in [0.25, 0.3) is 0 Å². The third kappa shape index (κ3) is 7.87. The highest BCUT2D eigenvalue weighted by atomic mass is 16.6. The fourth-order valence-corrected chi connectivity index (χ4v) is 5.69. The number of nitrogens with one attached hydrogen (secondary N) is 2. The Hall–Kier alpha value is -3.61. The van der Waals surface area contributed by atoms with Crippen molar-refractivity contribution in [3.05, 3.63) is 47.4 Å². The first kappa shape index (κ1) is 30.8. The van der Waals surface area contributed by atoms with Crippen molar-refractivity contribution in [2.24, 2.45) is 0 Å². The van der Waals surface area contributed by atoms with E-state index in [-0.39, 0.29) is 6.42 Å². The summed E-state index contributed by atoms with van der Waals surface area (Å²) in [6.45, 7) is 7.96. The van der Waals surface area contributed by atoms with Gasteiger partial charge in [-0.2, -0.15) is 4.90 Å². The second-order valence-electron chi connectivity index (χ2n) is 12.0. The van der Waals surface area contributed by atoms with Crippen molar-refractivity contribution < 1.29 is 33.3 Å². The molecule has 2 N–H and O–H groups in total. The van der Waals surface area contributed by atoms with Crippen LogP contribution in [0, 0.1) is 0 Å². The number of ether oxygens (including phenoxy) is 4. The van der Waals surface area contributed by atoms with Crippen LogP contribution in [0.15, 0.2) is 30.6 Å². The van der Waals surface area contributed by atoms with Gasteiger partial charge < -0.3 is 29.6 Å². The average molecular weight is 596 g/mol. The number of benzene rings is 1. The van der Waals surface area contributed by atoms with E-state index in [0.29, 0.717) is 74.3 Å². The molecule has 2 bridgehead atoms. The topological polar surface area (TPSA) is 141 Å². The molecule has 0 aliphatic carbocycles. The van der Waals surface area contributed by atoms with E-state index >= 15 is 0 Å². The Kier molecular flexibility index (Phi) is 9.89. The highest BCUT2D eigenvalue weighted by Gasteiger charge is 2.41. The van der Waals surface area contributed by atoms with Gasteiger partial charge in [0.05, 0.1) is 44.1 Å². The Morgan fingerprint density at radius 2 is 1.74 bits per heavy atom. The predicted molar refractivity (Wildman–Crippen MR) is 157 cm³/mol. The van der Waals surface area contributed by atoms with Gasteiger partial charge in [0.15, 0.2) is 0 Å². The number of piperidine rings is 1. The third-order valence-electron chi connectivity index (χ3n) is 7.68. The first-order valence-corrected chi connectivity index (χ1v) is 15.0. The fourth-order valence-electron chi connectivity index (χ4n) is 5.69. The minimum Gasteiger partial charge on any atom is -0.491 e. The molecule has 3 aliphatic heterocycles. The summed E-state index contributed by atoms with van der Waals surface area (Å²) < 4.78 is 22.3. The van der Waals surface area contributed by atoms with E-state index in [1.807, 2.05) is 0 Å². The number of imide groups is 3. The maximum absolute atomic E-state index is 13.0. The summed E-state index contributed by atoms with van der Waals surface area (Å²) in [6.07, 6.45) is 4.42. The molecule has 1 aromatic heterocycles. The van der Waals surface area contributed by atoms with E-state index in [4.69, 9.17) is 18.9 Å². The largest absolute Gasteiger partial charge is 0.491 e. The van der Waals surface area contributed by atoms with Crippen molar-refractivity contribution in [2.75, 3.05) is 44.9 Å². The average Bonchev–Trinajstić information content (AvgIpc) is 3.35. The Bertz CT molecular complexity index is 1300. The van der Waals surface area contributed by atoms with Crippen molar-refractivity contribution in [3.63, 3.8) is 0 Å². The van der Waals surface area contributed by atoms with Crippen LogP contribution in [-0.4, -0.2) is 84.0 Å². The first-order chi connectivity index (χ1) is 20.7. The van der Waals surface area contributed by atoms with E-state index in [1.54, 1.807) is 51.4 Å². The van der Waals surface area contributed by atoms with Crippen molar-refractivity contribution in [1.29, 1.82) is 0 Å². The van der Waals surface area contributed by atoms with Crippen LogP contribution >= 0.6 is 0 Å². The summed E-state index contributed by atoms with van der Waals surface area (Å²) in [6, 6.07) is 7.98. The molecule has 5 rings (SSSR count). The summed E-state index contributed by atoms with van der Waals surface area (Å²) in [5.74, 6) is -0.160. The predicted octanol–water partition coefficient (Wildman–Crippen LogP) is 3.52. The summed E-state index contributed by atoms with van der Waals surface area (Å²) in [5, 5.41) is 7.01. The smallest absolute Gasteiger partial charge is 0.424 e. The second kappa shape index (κ2) is 13.8. The van der Waals surface area contributed by atoms with E-state index in [1.165, 1.54) is 12.0 Å². The molecule has 1 aromatic carbocycles. The van der Waals surface area contributed by atoms with Crippen LogP contribution in [-0.2, 0) is 30.2 Å². The highest BCUT2D eigenvalue weighted by Crippen LogP contribution is 2.36. The van der Waals surface area contributed by atoms with Gasteiger partial charge in [-0.05, 0) is 64.2 Å². The Morgan fingerprint density at radius 3 is 2.51 bits per heavy atom. The normalized spacial score (nSPS) is 21.5. The summed E-state index contributed by atoms with van der Waals surface area (Å²) in [4.78, 5) is 47.3. The van der Waals surface area contributed by atoms with Gasteiger partial charge in [-0.15, -0.1) is 0 Å². The van der Waals surface area contributed by atoms with Crippen molar-refractivity contribution in [2.45, 2.75) is 76.5 Å². The van der Waals surface area contributed by atoms with Gasteiger partial charge in [0.2, 0.25) is 11.8 Å². The lowest BCUT2D eigenvalue weighted by Gasteiger charge is -2.31. The minimum atomic E-state index is -0.931. The van der Waals surface area contributed by atoms with Crippen molar-refractivity contribution in [1.82, 2.24) is 20.2 Å². The lowest BCUT2D eigenvalue weighted by molar-refractivity contribution is -0.147. The minimum absolute atomic E-state index is 0.0911. The molecule has 12 heteroatoms. The zero-order valence-electron chi connectivity index (χ0n) is 25.1. The maximum Gasteiger partial charge on any atom is 0.424 e. The quantitative estimate of drug-likeness (QED) is 0.275. The zero-order chi connectivity index (χ0) is 30.4. The summed E-state index contributed by atoms with van der Waals surface area (Å²) in [5.41, 5.74) is 2.26. The van der Waals surface area contributed by atoms with Crippen molar-refractivity contribution >= 4 is 23.7 Å². The van der Waals surface area contributed by atoms with Gasteiger partial charge in [0.1, 0.15) is 30.1 Å². The molecule has 12 nitrogen and oxygen atoms in total. The van der Waals surface area contributed by atoms with Crippen LogP contribution in [0.1, 0.15) is 75.2 Å². The first-order valence-electron chi connectivity index (χ1n) is 15.0. The fraction of sp³-hybridized carbons (Fsp3) is 0.581. The molecule has 0 radical (unpaired) electrons. The van der Waals surface area contributed by atoms with E-state index < -0.39 is 29.4 Å².